The second-order valence-electron chi connectivity index (χ2n) is 5.69. The van der Waals surface area contributed by atoms with Gasteiger partial charge in [0.15, 0.2) is 0 Å². The molecule has 0 bridgehead atoms. The van der Waals surface area contributed by atoms with Gasteiger partial charge < -0.3 is 15.2 Å². The summed E-state index contributed by atoms with van der Waals surface area (Å²) >= 11 is 0. The number of rotatable bonds is 7. The maximum atomic E-state index is 12.7. The molecule has 0 saturated heterocycles. The summed E-state index contributed by atoms with van der Waals surface area (Å²) in [7, 11) is 1.63. The summed E-state index contributed by atoms with van der Waals surface area (Å²) < 4.78 is 6.82. The van der Waals surface area contributed by atoms with Crippen LogP contribution in [0.5, 0.6) is 5.75 Å². The number of aliphatic hydroxyl groups excluding tert-OH is 1. The second-order valence-corrected chi connectivity index (χ2v) is 5.69. The largest absolute Gasteiger partial charge is 0.497 e. The van der Waals surface area contributed by atoms with E-state index in [1.54, 1.807) is 17.7 Å². The summed E-state index contributed by atoms with van der Waals surface area (Å²) in [6.07, 6.45) is 0.494. The van der Waals surface area contributed by atoms with Crippen molar-refractivity contribution >= 4 is 16.9 Å². The fourth-order valence-corrected chi connectivity index (χ4v) is 2.70. The van der Waals surface area contributed by atoms with E-state index in [1.807, 2.05) is 42.5 Å². The maximum absolute atomic E-state index is 12.7. The number of para-hydroxylation sites is 1. The number of hydrogen-bond acceptors (Lipinski definition) is 5. The third kappa shape index (κ3) is 3.80. The van der Waals surface area contributed by atoms with Crippen molar-refractivity contribution in [1.29, 1.82) is 0 Å². The standard InChI is InChI=1S/C19H21N3O3/c1-25-15-7-4-6-14(12-15)13-20-19-21-17-9-3-2-8-16(17)18(24)22(19)10-5-11-23/h2-4,6-9,12,23H,5,10-11,13H2,1H3,(H,20,21). The lowest BCUT2D eigenvalue weighted by molar-refractivity contribution is 0.279. The minimum Gasteiger partial charge on any atom is -0.497 e. The van der Waals surface area contributed by atoms with Crippen molar-refractivity contribution in [3.05, 3.63) is 64.4 Å². The Labute approximate surface area is 145 Å². The summed E-state index contributed by atoms with van der Waals surface area (Å²) in [5.74, 6) is 1.28. The molecule has 25 heavy (non-hydrogen) atoms. The van der Waals surface area contributed by atoms with Crippen molar-refractivity contribution in [3.63, 3.8) is 0 Å². The Morgan fingerprint density at radius 3 is 2.84 bits per heavy atom. The van der Waals surface area contributed by atoms with Gasteiger partial charge in [0, 0.05) is 19.7 Å². The SMILES string of the molecule is COc1cccc(CNc2nc3ccccc3c(=O)n2CCCO)c1. The molecule has 0 spiro atoms. The number of aliphatic hydroxyl groups is 1. The first-order valence-corrected chi connectivity index (χ1v) is 8.20. The molecule has 0 fully saturated rings. The van der Waals surface area contributed by atoms with Gasteiger partial charge in [-0.3, -0.25) is 9.36 Å². The third-order valence-electron chi connectivity index (χ3n) is 3.99. The van der Waals surface area contributed by atoms with Crippen molar-refractivity contribution < 1.29 is 9.84 Å². The summed E-state index contributed by atoms with van der Waals surface area (Å²) in [6.45, 7) is 0.948. The highest BCUT2D eigenvalue weighted by atomic mass is 16.5. The van der Waals surface area contributed by atoms with Crippen LogP contribution in [0.2, 0.25) is 0 Å². The number of anilines is 1. The van der Waals surface area contributed by atoms with E-state index < -0.39 is 0 Å². The first kappa shape index (κ1) is 17.0. The van der Waals surface area contributed by atoms with E-state index in [2.05, 4.69) is 10.3 Å². The van der Waals surface area contributed by atoms with E-state index >= 15 is 0 Å². The van der Waals surface area contributed by atoms with E-state index in [1.165, 1.54) is 0 Å². The Morgan fingerprint density at radius 2 is 2.04 bits per heavy atom. The molecule has 1 heterocycles. The van der Waals surface area contributed by atoms with Gasteiger partial charge in [0.05, 0.1) is 18.0 Å². The topological polar surface area (TPSA) is 76.4 Å². The lowest BCUT2D eigenvalue weighted by atomic mass is 10.2. The minimum absolute atomic E-state index is 0.0224. The summed E-state index contributed by atoms with van der Waals surface area (Å²) in [5, 5.41) is 12.9. The number of ether oxygens (including phenoxy) is 1. The van der Waals surface area contributed by atoms with Gasteiger partial charge in [0.25, 0.3) is 5.56 Å². The van der Waals surface area contributed by atoms with Crippen molar-refractivity contribution in [3.8, 4) is 5.75 Å². The van der Waals surface area contributed by atoms with Crippen molar-refractivity contribution in [2.45, 2.75) is 19.5 Å². The van der Waals surface area contributed by atoms with Gasteiger partial charge in [-0.25, -0.2) is 4.98 Å². The highest BCUT2D eigenvalue weighted by molar-refractivity contribution is 5.78. The minimum atomic E-state index is -0.104. The van der Waals surface area contributed by atoms with Crippen molar-refractivity contribution in [1.82, 2.24) is 9.55 Å². The first-order chi connectivity index (χ1) is 12.2. The zero-order valence-corrected chi connectivity index (χ0v) is 14.1. The third-order valence-corrected chi connectivity index (χ3v) is 3.99. The van der Waals surface area contributed by atoms with Gasteiger partial charge >= 0.3 is 0 Å². The molecular formula is C19H21N3O3. The fraction of sp³-hybridized carbons (Fsp3) is 0.263. The average molecular weight is 339 g/mol. The fourth-order valence-electron chi connectivity index (χ4n) is 2.70. The smallest absolute Gasteiger partial charge is 0.262 e. The number of fused-ring (bicyclic) bond motifs is 1. The molecule has 0 aliphatic carbocycles. The Balaban J connectivity index is 1.94. The van der Waals surface area contributed by atoms with Crippen LogP contribution < -0.4 is 15.6 Å². The van der Waals surface area contributed by atoms with Crippen LogP contribution >= 0.6 is 0 Å². The molecule has 6 heteroatoms. The van der Waals surface area contributed by atoms with E-state index in [9.17, 15) is 4.79 Å². The van der Waals surface area contributed by atoms with Gasteiger partial charge in [-0.15, -0.1) is 0 Å². The zero-order chi connectivity index (χ0) is 17.6. The summed E-state index contributed by atoms with van der Waals surface area (Å²) in [4.78, 5) is 17.3. The van der Waals surface area contributed by atoms with Crippen LogP contribution in [-0.2, 0) is 13.1 Å². The molecule has 0 radical (unpaired) electrons. The van der Waals surface area contributed by atoms with Crippen LogP contribution in [0.4, 0.5) is 5.95 Å². The van der Waals surface area contributed by atoms with Crippen LogP contribution in [0, 0.1) is 0 Å². The molecule has 2 aromatic carbocycles. The molecule has 0 aliphatic heterocycles. The molecule has 0 unspecified atom stereocenters. The van der Waals surface area contributed by atoms with Gasteiger partial charge in [0.2, 0.25) is 5.95 Å². The lowest BCUT2D eigenvalue weighted by Crippen LogP contribution is -2.25. The number of hydrogen-bond donors (Lipinski definition) is 2. The predicted octanol–water partition coefficient (Wildman–Crippen LogP) is 2.40. The highest BCUT2D eigenvalue weighted by Gasteiger charge is 2.10. The summed E-state index contributed by atoms with van der Waals surface area (Å²) in [5.41, 5.74) is 1.57. The van der Waals surface area contributed by atoms with Gasteiger partial charge in [-0.05, 0) is 36.2 Å². The van der Waals surface area contributed by atoms with E-state index in [0.29, 0.717) is 36.4 Å². The van der Waals surface area contributed by atoms with Crippen LogP contribution in [0.25, 0.3) is 10.9 Å². The molecule has 0 amide bonds. The van der Waals surface area contributed by atoms with E-state index in [4.69, 9.17) is 9.84 Å². The number of nitrogens with zero attached hydrogens (tertiary/aromatic N) is 2. The molecule has 130 valence electrons. The van der Waals surface area contributed by atoms with Gasteiger partial charge in [-0.1, -0.05) is 24.3 Å². The Morgan fingerprint density at radius 1 is 1.20 bits per heavy atom. The second kappa shape index (κ2) is 7.81. The van der Waals surface area contributed by atoms with E-state index in [0.717, 1.165) is 11.3 Å². The van der Waals surface area contributed by atoms with Crippen molar-refractivity contribution in [2.24, 2.45) is 0 Å². The van der Waals surface area contributed by atoms with Gasteiger partial charge in [0.1, 0.15) is 5.75 Å². The molecule has 3 aromatic rings. The predicted molar refractivity (Wildman–Crippen MR) is 98.0 cm³/mol. The molecular weight excluding hydrogens is 318 g/mol. The molecule has 2 N–H and O–H groups in total. The van der Waals surface area contributed by atoms with Crippen LogP contribution in [0.3, 0.4) is 0 Å². The highest BCUT2D eigenvalue weighted by Crippen LogP contribution is 2.15. The van der Waals surface area contributed by atoms with E-state index in [-0.39, 0.29) is 12.2 Å². The molecule has 0 saturated carbocycles. The van der Waals surface area contributed by atoms with Crippen LogP contribution in [0.1, 0.15) is 12.0 Å². The normalized spacial score (nSPS) is 10.8. The maximum Gasteiger partial charge on any atom is 0.262 e. The molecule has 1 aromatic heterocycles. The Bertz CT molecular complexity index is 921. The average Bonchev–Trinajstić information content (AvgIpc) is 2.66. The number of aromatic nitrogens is 2. The molecule has 0 atom stereocenters. The Hall–Kier alpha value is -2.86. The molecule has 6 nitrogen and oxygen atoms in total. The first-order valence-electron chi connectivity index (χ1n) is 8.20. The zero-order valence-electron chi connectivity index (χ0n) is 14.1. The Kier molecular flexibility index (Phi) is 5.30. The van der Waals surface area contributed by atoms with Gasteiger partial charge in [-0.2, -0.15) is 0 Å². The lowest BCUT2D eigenvalue weighted by Gasteiger charge is -2.15. The number of nitrogens with one attached hydrogen (secondary N) is 1. The number of methoxy groups -OCH3 is 1. The monoisotopic (exact) mass is 339 g/mol. The quantitative estimate of drug-likeness (QED) is 0.691. The van der Waals surface area contributed by atoms with Crippen LogP contribution in [-0.4, -0.2) is 28.4 Å². The molecule has 0 aliphatic rings. The van der Waals surface area contributed by atoms with Crippen LogP contribution in [0.15, 0.2) is 53.3 Å². The number of benzene rings is 2. The molecule has 3 rings (SSSR count). The van der Waals surface area contributed by atoms with Crippen molar-refractivity contribution in [2.75, 3.05) is 19.0 Å². The summed E-state index contributed by atoms with van der Waals surface area (Å²) in [6, 6.07) is 15.0.